The minimum atomic E-state index is -0.0376. The lowest BCUT2D eigenvalue weighted by Crippen LogP contribution is -1.56. The van der Waals surface area contributed by atoms with Crippen LogP contribution in [0.3, 0.4) is 0 Å². The first kappa shape index (κ1) is 11.6. The summed E-state index contributed by atoms with van der Waals surface area (Å²) < 4.78 is 0. The molecule has 0 aliphatic heterocycles. The standard InChI is InChI=1S/CH11BOP6/c1-7(2)9(6-3)8(4)5/h3,6H,2,4-5H2,1H3. The molecule has 0 saturated carbocycles. The summed E-state index contributed by atoms with van der Waals surface area (Å²) in [4.78, 5) is 8.93. The van der Waals surface area contributed by atoms with Crippen molar-refractivity contribution in [2.45, 2.75) is 0 Å². The second-order valence-electron chi connectivity index (χ2n) is 1.62. The Balaban J connectivity index is 3.68. The molecule has 0 aliphatic rings. The highest BCUT2D eigenvalue weighted by Gasteiger charge is 2.14. The Kier molecular flexibility index (Phi) is 7.94. The molecule has 0 bridgehead atoms. The summed E-state index contributed by atoms with van der Waals surface area (Å²) in [6.45, 7) is 2.19. The van der Waals surface area contributed by atoms with Gasteiger partial charge < -0.3 is 4.89 Å². The second-order valence-corrected chi connectivity index (χ2v) is 23.9. The Morgan fingerprint density at radius 1 is 1.56 bits per heavy atom. The van der Waals surface area contributed by atoms with Crippen molar-refractivity contribution in [1.29, 1.82) is 0 Å². The van der Waals surface area contributed by atoms with Gasteiger partial charge in [0.2, 0.25) is 0 Å². The molecular weight excluding hydrogens is 225 g/mol. The van der Waals surface area contributed by atoms with E-state index in [0.717, 1.165) is 0 Å². The van der Waals surface area contributed by atoms with Crippen LogP contribution in [0, 0.1) is 0 Å². The zero-order valence-corrected chi connectivity index (χ0v) is 11.4. The Morgan fingerprint density at radius 2 is 2.00 bits per heavy atom. The molecule has 9 heavy (non-hydrogen) atoms. The fourth-order valence-corrected chi connectivity index (χ4v) is 23.3. The van der Waals surface area contributed by atoms with Crippen molar-refractivity contribution in [1.82, 2.24) is 0 Å². The van der Waals surface area contributed by atoms with E-state index in [2.05, 4.69) is 32.1 Å². The van der Waals surface area contributed by atoms with E-state index < -0.39 is 0 Å². The normalized spacial score (nSPS) is 19.2. The topological polar surface area (TPSA) is 20.2 Å². The summed E-state index contributed by atoms with van der Waals surface area (Å²) in [5, 5.41) is 0. The van der Waals surface area contributed by atoms with E-state index in [0.29, 0.717) is 0 Å². The SMILES string of the molecule is BP(C)P(PO)P(P)P. The van der Waals surface area contributed by atoms with Gasteiger partial charge in [-0.05, 0) is 20.6 Å². The third-order valence-corrected chi connectivity index (χ3v) is 30.4. The molecule has 0 radical (unpaired) electrons. The average Bonchev–Trinajstić information content (AvgIpc) is 1.64. The molecule has 0 aliphatic carbocycles. The van der Waals surface area contributed by atoms with Gasteiger partial charge in [-0.1, -0.05) is 0 Å². The molecule has 0 fully saturated rings. The predicted octanol–water partition coefficient (Wildman–Crippen LogP) is 2.52. The van der Waals surface area contributed by atoms with E-state index >= 15 is 0 Å². The van der Waals surface area contributed by atoms with E-state index in [1.165, 1.54) is 0 Å². The van der Waals surface area contributed by atoms with Crippen molar-refractivity contribution in [3.05, 3.63) is 0 Å². The van der Waals surface area contributed by atoms with Gasteiger partial charge in [-0.15, -0.1) is 25.3 Å². The minimum absolute atomic E-state index is 0.0141. The maximum atomic E-state index is 8.93. The predicted molar refractivity (Wildman–Crippen MR) is 65.2 cm³/mol. The molecule has 0 heterocycles. The molecule has 54 valence electrons. The van der Waals surface area contributed by atoms with E-state index in [1.54, 1.807) is 0 Å². The zero-order chi connectivity index (χ0) is 7.44. The molecule has 0 aromatic carbocycles. The molecule has 0 amide bonds. The lowest BCUT2D eigenvalue weighted by molar-refractivity contribution is 0.660. The van der Waals surface area contributed by atoms with Crippen LogP contribution in [0.5, 0.6) is 0 Å². The van der Waals surface area contributed by atoms with E-state index in [4.69, 9.17) is 4.89 Å². The van der Waals surface area contributed by atoms with Gasteiger partial charge in [0.25, 0.3) is 0 Å². The Hall–Kier alpha value is 2.60. The highest BCUT2D eigenvalue weighted by molar-refractivity contribution is 8.98. The molecule has 0 aromatic rings. The van der Waals surface area contributed by atoms with Crippen LogP contribution >= 0.6 is 47.8 Å². The molecule has 5 unspecified atom stereocenters. The fourth-order valence-electron chi connectivity index (χ4n) is 0.348. The molecule has 1 N–H and O–H groups in total. The maximum Gasteiger partial charge on any atom is 0.140 e. The molecule has 0 saturated heterocycles. The van der Waals surface area contributed by atoms with Crippen LogP contribution in [-0.4, -0.2) is 19.1 Å². The zero-order valence-electron chi connectivity index (χ0n) is 5.44. The lowest BCUT2D eigenvalue weighted by Gasteiger charge is -2.22. The van der Waals surface area contributed by atoms with Crippen molar-refractivity contribution >= 4 is 55.4 Å². The van der Waals surface area contributed by atoms with Crippen LogP contribution < -0.4 is 0 Å². The monoisotopic (exact) mass is 236 g/mol. The fraction of sp³-hybridized carbons (Fsp3) is 1.00. The molecule has 1 nitrogen and oxygen atoms in total. The minimum Gasteiger partial charge on any atom is -0.372 e. The first-order valence-electron chi connectivity index (χ1n) is 2.26. The molecule has 5 atom stereocenters. The molecule has 0 aromatic heterocycles. The van der Waals surface area contributed by atoms with Gasteiger partial charge in [-0.2, -0.15) is 0 Å². The van der Waals surface area contributed by atoms with Crippen molar-refractivity contribution in [2.24, 2.45) is 0 Å². The van der Waals surface area contributed by atoms with Gasteiger partial charge in [-0.25, -0.2) is 0 Å². The van der Waals surface area contributed by atoms with Gasteiger partial charge in [0.15, 0.2) is 0 Å². The van der Waals surface area contributed by atoms with Crippen LogP contribution in [0.15, 0.2) is 0 Å². The Bertz CT molecular complexity index is 67.5. The summed E-state index contributed by atoms with van der Waals surface area (Å²) in [7, 11) is 8.16. The number of rotatable bonds is 3. The van der Waals surface area contributed by atoms with Gasteiger partial charge in [0, 0.05) is 8.50 Å². The summed E-state index contributed by atoms with van der Waals surface area (Å²) in [6, 6.07) is 0. The molecule has 8 heteroatoms. The van der Waals surface area contributed by atoms with Crippen molar-refractivity contribution in [3.63, 3.8) is 0 Å². The third kappa shape index (κ3) is 4.94. The van der Waals surface area contributed by atoms with Crippen molar-refractivity contribution in [2.75, 3.05) is 6.66 Å². The van der Waals surface area contributed by atoms with Gasteiger partial charge >= 0.3 is 0 Å². The van der Waals surface area contributed by atoms with Crippen molar-refractivity contribution < 1.29 is 4.89 Å². The van der Waals surface area contributed by atoms with Gasteiger partial charge in [0.1, 0.15) is 7.57 Å². The Labute approximate surface area is 67.3 Å². The third-order valence-electron chi connectivity index (χ3n) is 0.687. The highest BCUT2D eigenvalue weighted by atomic mass is 33.0. The average molecular weight is 236 g/mol. The smallest absolute Gasteiger partial charge is 0.140 e. The maximum absolute atomic E-state index is 8.93. The summed E-state index contributed by atoms with van der Waals surface area (Å²) in [5.74, 6) is 0. The summed E-state index contributed by atoms with van der Waals surface area (Å²) >= 11 is 0. The van der Waals surface area contributed by atoms with Gasteiger partial charge in [0.05, 0.1) is 0 Å². The summed E-state index contributed by atoms with van der Waals surface area (Å²) in [5.41, 5.74) is 0. The van der Waals surface area contributed by atoms with Crippen LogP contribution in [0.2, 0.25) is 0 Å². The molecule has 0 spiro atoms. The molecule has 0 rings (SSSR count). The van der Waals surface area contributed by atoms with Crippen LogP contribution in [0.1, 0.15) is 0 Å². The number of hydrogen-bond acceptors (Lipinski definition) is 1. The van der Waals surface area contributed by atoms with Crippen LogP contribution in [0.4, 0.5) is 0 Å². The highest BCUT2D eigenvalue weighted by Crippen LogP contribution is 2.97. The van der Waals surface area contributed by atoms with Crippen LogP contribution in [0.25, 0.3) is 0 Å². The Morgan fingerprint density at radius 3 is 2.00 bits per heavy atom. The second kappa shape index (κ2) is 6.16. The number of hydrogen-bond donors (Lipinski definition) is 1. The first-order valence-corrected chi connectivity index (χ1v) is 13.6. The van der Waals surface area contributed by atoms with E-state index in [9.17, 15) is 0 Å². The largest absolute Gasteiger partial charge is 0.372 e. The van der Waals surface area contributed by atoms with Gasteiger partial charge in [-0.3, -0.25) is 0 Å². The van der Waals surface area contributed by atoms with E-state index in [1.807, 2.05) is 0 Å². The van der Waals surface area contributed by atoms with Crippen LogP contribution in [-0.2, 0) is 0 Å². The molecular formula is CH11BOP6. The quantitative estimate of drug-likeness (QED) is 0.589. The summed E-state index contributed by atoms with van der Waals surface area (Å²) in [6.07, 6.45) is 0. The van der Waals surface area contributed by atoms with Crippen molar-refractivity contribution in [3.8, 4) is 0 Å². The lowest BCUT2D eigenvalue weighted by atomic mass is 10.8. The van der Waals surface area contributed by atoms with E-state index in [-0.39, 0.29) is 30.0 Å². The first-order chi connectivity index (χ1) is 4.09.